The van der Waals surface area contributed by atoms with E-state index in [4.69, 9.17) is 0 Å². The van der Waals surface area contributed by atoms with E-state index in [2.05, 4.69) is 20.0 Å². The summed E-state index contributed by atoms with van der Waals surface area (Å²) in [6.45, 7) is 1.07. The van der Waals surface area contributed by atoms with Crippen molar-refractivity contribution in [3.05, 3.63) is 0 Å². The molecule has 1 rings (SSSR count). The van der Waals surface area contributed by atoms with Crippen molar-refractivity contribution in [2.24, 2.45) is 5.10 Å². The molecule has 0 aliphatic carbocycles. The summed E-state index contributed by atoms with van der Waals surface area (Å²) < 4.78 is 9.08. The zero-order valence-electron chi connectivity index (χ0n) is 10.2. The number of carbonyl (C=O) groups excluding carboxylic acids is 4. The van der Waals surface area contributed by atoms with Gasteiger partial charge in [-0.2, -0.15) is 5.10 Å². The summed E-state index contributed by atoms with van der Waals surface area (Å²) in [5, 5.41) is 5.36. The number of ether oxygens (including phenoxy) is 2. The van der Waals surface area contributed by atoms with Crippen molar-refractivity contribution < 1.29 is 28.7 Å². The number of rotatable bonds is 4. The summed E-state index contributed by atoms with van der Waals surface area (Å²) in [5.74, 6) is -1.93. The van der Waals surface area contributed by atoms with Crippen LogP contribution in [0.2, 0.25) is 0 Å². The summed E-state index contributed by atoms with van der Waals surface area (Å²) in [4.78, 5) is 44.3. The molecular weight excluding hydrogens is 258 g/mol. The summed E-state index contributed by atoms with van der Waals surface area (Å²) in [6.07, 6.45) is -0.640. The van der Waals surface area contributed by atoms with Crippen LogP contribution in [0.1, 0.15) is 19.8 Å². The molecule has 2 N–H and O–H groups in total. The number of alkyl carbamates (subject to hydrolysis) is 1. The van der Waals surface area contributed by atoms with E-state index < -0.39 is 24.6 Å². The Hall–Kier alpha value is -2.45. The third kappa shape index (κ3) is 5.15. The van der Waals surface area contributed by atoms with Crippen LogP contribution in [-0.4, -0.2) is 42.8 Å². The molecule has 0 aromatic carbocycles. The highest BCUT2D eigenvalue weighted by Crippen LogP contribution is 2.01. The minimum Gasteiger partial charge on any atom is -0.451 e. The molecule has 0 saturated carbocycles. The molecule has 104 valence electrons. The third-order valence-corrected chi connectivity index (χ3v) is 1.99. The van der Waals surface area contributed by atoms with E-state index in [1.807, 2.05) is 5.32 Å². The van der Waals surface area contributed by atoms with Gasteiger partial charge in [0.05, 0.1) is 6.61 Å². The first kappa shape index (κ1) is 14.6. The minimum absolute atomic E-state index is 0.0172. The van der Waals surface area contributed by atoms with Gasteiger partial charge in [-0.15, -0.1) is 0 Å². The van der Waals surface area contributed by atoms with Crippen LogP contribution in [0.15, 0.2) is 5.10 Å². The van der Waals surface area contributed by atoms with Crippen LogP contribution >= 0.6 is 0 Å². The van der Waals surface area contributed by atoms with Gasteiger partial charge < -0.3 is 9.47 Å². The first-order valence-electron chi connectivity index (χ1n) is 5.52. The van der Waals surface area contributed by atoms with Crippen molar-refractivity contribution in [1.82, 2.24) is 10.7 Å². The average Bonchev–Trinajstić information content (AvgIpc) is 2.37. The van der Waals surface area contributed by atoms with Crippen molar-refractivity contribution in [2.75, 3.05) is 13.2 Å². The molecule has 1 aliphatic rings. The van der Waals surface area contributed by atoms with Gasteiger partial charge in [-0.05, 0) is 6.92 Å². The number of carbonyl (C=O) groups is 4. The van der Waals surface area contributed by atoms with Gasteiger partial charge in [0, 0.05) is 12.8 Å². The fourth-order valence-electron chi connectivity index (χ4n) is 1.15. The lowest BCUT2D eigenvalue weighted by molar-refractivity contribution is -0.142. The van der Waals surface area contributed by atoms with Crippen molar-refractivity contribution >= 4 is 29.6 Å². The van der Waals surface area contributed by atoms with E-state index in [1.165, 1.54) is 0 Å². The Morgan fingerprint density at radius 1 is 1.32 bits per heavy atom. The van der Waals surface area contributed by atoms with Gasteiger partial charge in [-0.1, -0.05) is 0 Å². The molecule has 0 radical (unpaired) electrons. The SMILES string of the molecule is CCOC(=O)NC(=O)COC(=O)C1=NNC(=O)CC1. The number of imide groups is 1. The first-order chi connectivity index (χ1) is 9.02. The molecule has 1 heterocycles. The fourth-order valence-corrected chi connectivity index (χ4v) is 1.15. The highest BCUT2D eigenvalue weighted by Gasteiger charge is 2.20. The molecule has 0 aromatic rings. The lowest BCUT2D eigenvalue weighted by Crippen LogP contribution is -2.36. The summed E-state index contributed by atoms with van der Waals surface area (Å²) in [6, 6.07) is 0. The van der Waals surface area contributed by atoms with Crippen molar-refractivity contribution in [3.63, 3.8) is 0 Å². The summed E-state index contributed by atoms with van der Waals surface area (Å²) in [5.41, 5.74) is 2.14. The van der Waals surface area contributed by atoms with Gasteiger partial charge >= 0.3 is 12.1 Å². The molecule has 0 aromatic heterocycles. The quantitative estimate of drug-likeness (QED) is 0.636. The fraction of sp³-hybridized carbons (Fsp3) is 0.500. The van der Waals surface area contributed by atoms with Gasteiger partial charge in [0.1, 0.15) is 5.71 Å². The van der Waals surface area contributed by atoms with Gasteiger partial charge in [-0.25, -0.2) is 15.0 Å². The Morgan fingerprint density at radius 2 is 2.05 bits per heavy atom. The molecule has 3 amide bonds. The van der Waals surface area contributed by atoms with Crippen molar-refractivity contribution in [1.29, 1.82) is 0 Å². The zero-order valence-corrected chi connectivity index (χ0v) is 10.2. The molecule has 9 nitrogen and oxygen atoms in total. The van der Waals surface area contributed by atoms with E-state index in [-0.39, 0.29) is 31.1 Å². The predicted octanol–water partition coefficient (Wildman–Crippen LogP) is -0.932. The van der Waals surface area contributed by atoms with E-state index >= 15 is 0 Å². The Kier molecular flexibility index (Phi) is 5.45. The third-order valence-electron chi connectivity index (χ3n) is 1.99. The molecule has 19 heavy (non-hydrogen) atoms. The Balaban J connectivity index is 2.32. The number of hydrazone groups is 1. The number of nitrogens with one attached hydrogen (secondary N) is 2. The van der Waals surface area contributed by atoms with Crippen LogP contribution in [0.4, 0.5) is 4.79 Å². The molecule has 0 saturated heterocycles. The normalized spacial score (nSPS) is 13.9. The van der Waals surface area contributed by atoms with Gasteiger partial charge in [0.15, 0.2) is 6.61 Å². The number of hydrogen-bond acceptors (Lipinski definition) is 7. The Morgan fingerprint density at radius 3 is 2.63 bits per heavy atom. The van der Waals surface area contributed by atoms with Crippen molar-refractivity contribution in [3.8, 4) is 0 Å². The maximum absolute atomic E-state index is 11.4. The average molecular weight is 271 g/mol. The van der Waals surface area contributed by atoms with Crippen LogP contribution < -0.4 is 10.7 Å². The van der Waals surface area contributed by atoms with Crippen LogP contribution in [-0.2, 0) is 23.9 Å². The van der Waals surface area contributed by atoms with Gasteiger partial charge in [-0.3, -0.25) is 14.9 Å². The van der Waals surface area contributed by atoms with Crippen LogP contribution in [0, 0.1) is 0 Å². The zero-order chi connectivity index (χ0) is 14.3. The molecule has 0 fully saturated rings. The molecule has 0 spiro atoms. The second-order valence-electron chi connectivity index (χ2n) is 3.44. The van der Waals surface area contributed by atoms with E-state index in [0.29, 0.717) is 0 Å². The van der Waals surface area contributed by atoms with E-state index in [1.54, 1.807) is 6.92 Å². The van der Waals surface area contributed by atoms with E-state index in [0.717, 1.165) is 0 Å². The second kappa shape index (κ2) is 7.09. The number of esters is 1. The Bertz CT molecular complexity index is 431. The molecule has 9 heteroatoms. The van der Waals surface area contributed by atoms with Gasteiger partial charge in [0.2, 0.25) is 5.91 Å². The number of amides is 3. The molecular formula is C10H13N3O6. The van der Waals surface area contributed by atoms with Crippen LogP contribution in [0.3, 0.4) is 0 Å². The van der Waals surface area contributed by atoms with Crippen molar-refractivity contribution in [2.45, 2.75) is 19.8 Å². The molecule has 0 atom stereocenters. The summed E-state index contributed by atoms with van der Waals surface area (Å²) in [7, 11) is 0. The number of nitrogens with zero attached hydrogens (tertiary/aromatic N) is 1. The Labute approximate surface area is 108 Å². The standard InChI is InChI=1S/C10H13N3O6/c1-2-18-10(17)11-8(15)5-19-9(16)6-3-4-7(14)13-12-6/h2-5H2,1H3,(H,13,14)(H,11,15,17). The molecule has 0 unspecified atom stereocenters. The van der Waals surface area contributed by atoms with Crippen LogP contribution in [0.25, 0.3) is 0 Å². The smallest absolute Gasteiger partial charge is 0.413 e. The lowest BCUT2D eigenvalue weighted by atomic mass is 10.2. The second-order valence-corrected chi connectivity index (χ2v) is 3.44. The molecule has 0 bridgehead atoms. The topological polar surface area (TPSA) is 123 Å². The van der Waals surface area contributed by atoms with E-state index in [9.17, 15) is 19.2 Å². The highest BCUT2D eigenvalue weighted by molar-refractivity contribution is 6.37. The van der Waals surface area contributed by atoms with Gasteiger partial charge in [0.25, 0.3) is 5.91 Å². The maximum Gasteiger partial charge on any atom is 0.413 e. The largest absolute Gasteiger partial charge is 0.451 e. The minimum atomic E-state index is -0.911. The lowest BCUT2D eigenvalue weighted by Gasteiger charge is -2.11. The first-order valence-corrected chi connectivity index (χ1v) is 5.52. The van der Waals surface area contributed by atoms with Crippen LogP contribution in [0.5, 0.6) is 0 Å². The summed E-state index contributed by atoms with van der Waals surface area (Å²) >= 11 is 0. The molecule has 1 aliphatic heterocycles. The number of hydrogen-bond donors (Lipinski definition) is 2. The monoisotopic (exact) mass is 271 g/mol. The predicted molar refractivity (Wildman–Crippen MR) is 60.9 cm³/mol. The highest BCUT2D eigenvalue weighted by atomic mass is 16.6. The maximum atomic E-state index is 11.4.